The molecular formula is C17H18N2O4. The Hall–Kier alpha value is -2.34. The summed E-state index contributed by atoms with van der Waals surface area (Å²) in [5.74, 6) is 0.666. The van der Waals surface area contributed by atoms with Gasteiger partial charge in [-0.3, -0.25) is 9.78 Å². The second kappa shape index (κ2) is 6.04. The molecule has 0 bridgehead atoms. The fraction of sp³-hybridized carbons (Fsp3) is 0.412. The first-order valence-corrected chi connectivity index (χ1v) is 7.84. The molecule has 2 aliphatic heterocycles. The van der Waals surface area contributed by atoms with Gasteiger partial charge in [0.05, 0.1) is 30.6 Å². The maximum absolute atomic E-state index is 12.7. The van der Waals surface area contributed by atoms with E-state index in [0.717, 1.165) is 12.8 Å². The van der Waals surface area contributed by atoms with E-state index >= 15 is 0 Å². The molecule has 0 radical (unpaired) electrons. The third-order valence-electron chi connectivity index (χ3n) is 4.43. The maximum Gasteiger partial charge on any atom is 0.257 e. The summed E-state index contributed by atoms with van der Waals surface area (Å²) in [5.41, 5.74) is 0.566. The van der Waals surface area contributed by atoms with Crippen LogP contribution in [0.15, 0.2) is 47.5 Å². The third kappa shape index (κ3) is 2.70. The SMILES string of the molecule is O=C(c1ccoc1)N1C[C@H](Oc2cccnc2)[C@H]2OCCC[C@H]21. The van der Waals surface area contributed by atoms with Gasteiger partial charge < -0.3 is 18.8 Å². The molecule has 3 atom stereocenters. The molecule has 0 aromatic carbocycles. The quantitative estimate of drug-likeness (QED) is 0.868. The van der Waals surface area contributed by atoms with Crippen LogP contribution in [0.25, 0.3) is 0 Å². The summed E-state index contributed by atoms with van der Waals surface area (Å²) in [6.45, 7) is 1.22. The van der Waals surface area contributed by atoms with Crippen molar-refractivity contribution in [1.29, 1.82) is 0 Å². The molecule has 2 fully saturated rings. The van der Waals surface area contributed by atoms with Gasteiger partial charge in [0, 0.05) is 12.8 Å². The largest absolute Gasteiger partial charge is 0.484 e. The lowest BCUT2D eigenvalue weighted by Crippen LogP contribution is -2.44. The summed E-state index contributed by atoms with van der Waals surface area (Å²) in [5, 5.41) is 0. The van der Waals surface area contributed by atoms with Crippen molar-refractivity contribution in [3.63, 3.8) is 0 Å². The zero-order valence-electron chi connectivity index (χ0n) is 12.6. The van der Waals surface area contributed by atoms with Gasteiger partial charge in [-0.2, -0.15) is 0 Å². The minimum atomic E-state index is -0.180. The van der Waals surface area contributed by atoms with Crippen molar-refractivity contribution < 1.29 is 18.7 Å². The van der Waals surface area contributed by atoms with Crippen molar-refractivity contribution in [2.24, 2.45) is 0 Å². The standard InChI is InChI=1S/C17H18N2O4/c20-17(12-5-8-21-11-12)19-10-15(16-14(19)4-2-7-22-16)23-13-3-1-6-18-9-13/h1,3,5-6,8-9,11,14-16H,2,4,7,10H2/t14-,15+,16+/m1/s1. The van der Waals surface area contributed by atoms with Gasteiger partial charge in [-0.05, 0) is 31.0 Å². The van der Waals surface area contributed by atoms with Gasteiger partial charge in [0.2, 0.25) is 0 Å². The number of ether oxygens (including phenoxy) is 2. The van der Waals surface area contributed by atoms with E-state index in [4.69, 9.17) is 13.9 Å². The Balaban J connectivity index is 1.56. The van der Waals surface area contributed by atoms with Crippen LogP contribution in [0.5, 0.6) is 5.75 Å². The molecule has 2 saturated heterocycles. The van der Waals surface area contributed by atoms with Crippen LogP contribution >= 0.6 is 0 Å². The topological polar surface area (TPSA) is 64.8 Å². The van der Waals surface area contributed by atoms with Crippen LogP contribution in [-0.2, 0) is 4.74 Å². The van der Waals surface area contributed by atoms with E-state index in [1.54, 1.807) is 18.5 Å². The van der Waals surface area contributed by atoms with Gasteiger partial charge in [0.1, 0.15) is 24.2 Å². The average molecular weight is 314 g/mol. The number of rotatable bonds is 3. The number of carbonyl (C=O) groups excluding carboxylic acids is 1. The van der Waals surface area contributed by atoms with E-state index in [1.807, 2.05) is 17.0 Å². The van der Waals surface area contributed by atoms with E-state index in [1.165, 1.54) is 12.5 Å². The molecule has 4 heterocycles. The Morgan fingerprint density at radius 3 is 3.13 bits per heavy atom. The maximum atomic E-state index is 12.7. The molecule has 1 amide bonds. The number of fused-ring (bicyclic) bond motifs is 1. The van der Waals surface area contributed by atoms with Crippen molar-refractivity contribution in [3.05, 3.63) is 48.7 Å². The Morgan fingerprint density at radius 2 is 2.35 bits per heavy atom. The van der Waals surface area contributed by atoms with Gasteiger partial charge in [-0.1, -0.05) is 0 Å². The average Bonchev–Trinajstić information content (AvgIpc) is 3.24. The predicted octanol–water partition coefficient (Wildman–Crippen LogP) is 2.13. The number of furan rings is 1. The van der Waals surface area contributed by atoms with Crippen LogP contribution in [0.3, 0.4) is 0 Å². The molecule has 0 spiro atoms. The molecule has 6 nitrogen and oxygen atoms in total. The first kappa shape index (κ1) is 14.3. The molecule has 0 N–H and O–H groups in total. The normalized spacial score (nSPS) is 26.8. The molecule has 2 aromatic rings. The molecule has 4 rings (SSSR count). The van der Waals surface area contributed by atoms with E-state index in [2.05, 4.69) is 4.98 Å². The summed E-state index contributed by atoms with van der Waals surface area (Å²) in [6, 6.07) is 5.44. The molecule has 23 heavy (non-hydrogen) atoms. The zero-order chi connectivity index (χ0) is 15.6. The Morgan fingerprint density at radius 1 is 1.39 bits per heavy atom. The second-order valence-corrected chi connectivity index (χ2v) is 5.86. The summed E-state index contributed by atoms with van der Waals surface area (Å²) < 4.78 is 17.0. The van der Waals surface area contributed by atoms with Crippen LogP contribution in [0, 0.1) is 0 Å². The third-order valence-corrected chi connectivity index (χ3v) is 4.43. The smallest absolute Gasteiger partial charge is 0.257 e. The van der Waals surface area contributed by atoms with Gasteiger partial charge in [0.25, 0.3) is 5.91 Å². The Bertz CT molecular complexity index is 658. The summed E-state index contributed by atoms with van der Waals surface area (Å²) >= 11 is 0. The predicted molar refractivity (Wildman–Crippen MR) is 81.2 cm³/mol. The summed E-state index contributed by atoms with van der Waals surface area (Å²) in [7, 11) is 0. The number of amides is 1. The van der Waals surface area contributed by atoms with Crippen LogP contribution in [-0.4, -0.2) is 47.2 Å². The highest BCUT2D eigenvalue weighted by Gasteiger charge is 2.47. The molecule has 120 valence electrons. The monoisotopic (exact) mass is 314 g/mol. The lowest BCUT2D eigenvalue weighted by Gasteiger charge is -2.31. The number of hydrogen-bond acceptors (Lipinski definition) is 5. The van der Waals surface area contributed by atoms with Gasteiger partial charge >= 0.3 is 0 Å². The van der Waals surface area contributed by atoms with Gasteiger partial charge in [-0.15, -0.1) is 0 Å². The van der Waals surface area contributed by atoms with Crippen molar-refractivity contribution in [2.75, 3.05) is 13.2 Å². The van der Waals surface area contributed by atoms with Crippen molar-refractivity contribution in [1.82, 2.24) is 9.88 Å². The van der Waals surface area contributed by atoms with Gasteiger partial charge in [-0.25, -0.2) is 0 Å². The molecule has 0 saturated carbocycles. The summed E-state index contributed by atoms with van der Waals surface area (Å²) in [4.78, 5) is 18.6. The highest BCUT2D eigenvalue weighted by Crippen LogP contribution is 2.32. The number of likely N-dealkylation sites (tertiary alicyclic amines) is 1. The first-order chi connectivity index (χ1) is 11.3. The van der Waals surface area contributed by atoms with Crippen molar-refractivity contribution >= 4 is 5.91 Å². The number of hydrogen-bond donors (Lipinski definition) is 0. The van der Waals surface area contributed by atoms with E-state index in [-0.39, 0.29) is 24.2 Å². The van der Waals surface area contributed by atoms with Crippen LogP contribution < -0.4 is 4.74 Å². The van der Waals surface area contributed by atoms with Crippen molar-refractivity contribution in [2.45, 2.75) is 31.1 Å². The van der Waals surface area contributed by atoms with Crippen LogP contribution in [0.1, 0.15) is 23.2 Å². The Labute approximate surface area is 134 Å². The fourth-order valence-electron chi connectivity index (χ4n) is 3.39. The van der Waals surface area contributed by atoms with Crippen LogP contribution in [0.4, 0.5) is 0 Å². The second-order valence-electron chi connectivity index (χ2n) is 5.86. The van der Waals surface area contributed by atoms with E-state index < -0.39 is 0 Å². The van der Waals surface area contributed by atoms with E-state index in [0.29, 0.717) is 24.5 Å². The fourth-order valence-corrected chi connectivity index (χ4v) is 3.39. The number of carbonyl (C=O) groups is 1. The lowest BCUT2D eigenvalue weighted by atomic mass is 10.0. The number of pyridine rings is 1. The molecule has 2 aromatic heterocycles. The molecule has 0 aliphatic carbocycles. The highest BCUT2D eigenvalue weighted by atomic mass is 16.5. The lowest BCUT2D eigenvalue weighted by molar-refractivity contribution is -0.0447. The minimum Gasteiger partial charge on any atom is -0.484 e. The highest BCUT2D eigenvalue weighted by molar-refractivity contribution is 5.94. The first-order valence-electron chi connectivity index (χ1n) is 7.84. The molecule has 0 unspecified atom stereocenters. The number of aromatic nitrogens is 1. The van der Waals surface area contributed by atoms with Crippen molar-refractivity contribution in [3.8, 4) is 5.75 Å². The number of nitrogens with zero attached hydrogens (tertiary/aromatic N) is 2. The molecule has 2 aliphatic rings. The van der Waals surface area contributed by atoms with Crippen LogP contribution in [0.2, 0.25) is 0 Å². The zero-order valence-corrected chi connectivity index (χ0v) is 12.6. The summed E-state index contributed by atoms with van der Waals surface area (Å²) in [6.07, 6.45) is 7.99. The minimum absolute atomic E-state index is 0.0310. The molecule has 6 heteroatoms. The van der Waals surface area contributed by atoms with E-state index in [9.17, 15) is 4.79 Å². The molecular weight excluding hydrogens is 296 g/mol. The Kier molecular flexibility index (Phi) is 3.75. The van der Waals surface area contributed by atoms with Gasteiger partial charge in [0.15, 0.2) is 0 Å².